The maximum Gasteiger partial charge on any atom is 0.333 e. The molecule has 0 amide bonds. The van der Waals surface area contributed by atoms with E-state index in [1.165, 1.54) is 42.5 Å². The van der Waals surface area contributed by atoms with E-state index in [0.29, 0.717) is 11.1 Å². The number of benzene rings is 2. The van der Waals surface area contributed by atoms with Gasteiger partial charge in [0.25, 0.3) is 0 Å². The van der Waals surface area contributed by atoms with Gasteiger partial charge in [0, 0.05) is 12.2 Å². The lowest BCUT2D eigenvalue weighted by atomic mass is 9.99. The van der Waals surface area contributed by atoms with Gasteiger partial charge in [-0.05, 0) is 47.5 Å². The molecule has 1 aliphatic heterocycles. The van der Waals surface area contributed by atoms with Crippen molar-refractivity contribution in [2.45, 2.75) is 30.7 Å². The summed E-state index contributed by atoms with van der Waals surface area (Å²) >= 11 is 0. The SMILES string of the molecule is O=C(C=Cc1ccc(O)cc1)O[C@@H]1O[C@H](CO)[C@@H](O)[C@H](O)[C@H]1OC(=O)C=Cc1ccc(O)c(O)c1. The van der Waals surface area contributed by atoms with Crippen molar-refractivity contribution in [1.82, 2.24) is 0 Å². The number of hydrogen-bond acceptors (Lipinski definition) is 11. The van der Waals surface area contributed by atoms with Gasteiger partial charge in [0.1, 0.15) is 24.1 Å². The van der Waals surface area contributed by atoms with E-state index >= 15 is 0 Å². The molecule has 3 rings (SSSR count). The second-order valence-corrected chi connectivity index (χ2v) is 7.55. The number of rotatable bonds is 7. The number of ether oxygens (including phenoxy) is 3. The molecule has 0 saturated carbocycles. The van der Waals surface area contributed by atoms with Gasteiger partial charge in [0.05, 0.1) is 6.61 Å². The first-order chi connectivity index (χ1) is 16.7. The van der Waals surface area contributed by atoms with Crippen molar-refractivity contribution >= 4 is 24.1 Å². The van der Waals surface area contributed by atoms with Gasteiger partial charge in [-0.25, -0.2) is 9.59 Å². The molecule has 35 heavy (non-hydrogen) atoms. The van der Waals surface area contributed by atoms with Crippen molar-refractivity contribution < 1.29 is 54.4 Å². The number of carbonyl (C=O) groups is 2. The standard InChI is InChI=1S/C24H24O11/c25-12-18-21(31)22(32)23(34-19(29)10-5-14-3-8-16(27)17(28)11-14)24(33-18)35-20(30)9-4-13-1-6-15(26)7-2-13/h1-11,18,21-28,31-32H,12H2/t18-,21-,22+,23-,24+/m1/s1. The summed E-state index contributed by atoms with van der Waals surface area (Å²) in [5, 5.41) is 58.1. The quantitative estimate of drug-likeness (QED) is 0.180. The van der Waals surface area contributed by atoms with Crippen LogP contribution in [0.5, 0.6) is 17.2 Å². The third-order valence-corrected chi connectivity index (χ3v) is 5.03. The van der Waals surface area contributed by atoms with Gasteiger partial charge >= 0.3 is 11.9 Å². The Labute approximate surface area is 199 Å². The molecule has 1 fully saturated rings. The Hall–Kier alpha value is -3.90. The Bertz CT molecular complexity index is 1090. The first kappa shape index (κ1) is 25.7. The zero-order chi connectivity index (χ0) is 25.5. The molecule has 0 radical (unpaired) electrons. The van der Waals surface area contributed by atoms with E-state index in [1.807, 2.05) is 0 Å². The summed E-state index contributed by atoms with van der Waals surface area (Å²) in [6, 6.07) is 9.75. The average molecular weight is 488 g/mol. The minimum atomic E-state index is -1.75. The zero-order valence-electron chi connectivity index (χ0n) is 18.2. The van der Waals surface area contributed by atoms with E-state index in [0.717, 1.165) is 12.2 Å². The van der Waals surface area contributed by atoms with E-state index < -0.39 is 55.0 Å². The van der Waals surface area contributed by atoms with E-state index in [4.69, 9.17) is 14.2 Å². The number of aliphatic hydroxyl groups is 3. The third kappa shape index (κ3) is 6.80. The van der Waals surface area contributed by atoms with Crippen LogP contribution in [-0.2, 0) is 23.8 Å². The predicted octanol–water partition coefficient (Wildman–Crippen LogP) is 0.424. The molecule has 2 aromatic carbocycles. The molecular formula is C24H24O11. The maximum absolute atomic E-state index is 12.3. The number of aliphatic hydroxyl groups excluding tert-OH is 3. The van der Waals surface area contributed by atoms with Gasteiger partial charge in [-0.2, -0.15) is 0 Å². The molecular weight excluding hydrogens is 464 g/mol. The van der Waals surface area contributed by atoms with Gasteiger partial charge < -0.3 is 44.8 Å². The lowest BCUT2D eigenvalue weighted by Crippen LogP contribution is -2.60. The normalized spacial score (nSPS) is 24.5. The average Bonchev–Trinajstić information content (AvgIpc) is 2.84. The van der Waals surface area contributed by atoms with Crippen LogP contribution in [-0.4, -0.2) is 79.9 Å². The minimum Gasteiger partial charge on any atom is -0.508 e. The summed E-state index contributed by atoms with van der Waals surface area (Å²) in [4.78, 5) is 24.6. The number of phenolic OH excluding ortho intramolecular Hbond substituents is 3. The van der Waals surface area contributed by atoms with Crippen molar-refractivity contribution in [2.24, 2.45) is 0 Å². The molecule has 2 aromatic rings. The summed E-state index contributed by atoms with van der Waals surface area (Å²) in [5.74, 6) is -2.63. The Balaban J connectivity index is 1.71. The minimum absolute atomic E-state index is 0.0452. The molecule has 1 saturated heterocycles. The van der Waals surface area contributed by atoms with Crippen molar-refractivity contribution in [2.75, 3.05) is 6.61 Å². The van der Waals surface area contributed by atoms with Gasteiger partial charge in [-0.3, -0.25) is 0 Å². The van der Waals surface area contributed by atoms with Gasteiger partial charge in [0.2, 0.25) is 6.29 Å². The van der Waals surface area contributed by atoms with Gasteiger partial charge in [0.15, 0.2) is 17.6 Å². The molecule has 0 aliphatic carbocycles. The maximum atomic E-state index is 12.3. The fraction of sp³-hybridized carbons (Fsp3) is 0.250. The van der Waals surface area contributed by atoms with Gasteiger partial charge in [-0.15, -0.1) is 0 Å². The number of phenols is 3. The van der Waals surface area contributed by atoms with Crippen LogP contribution >= 0.6 is 0 Å². The second kappa shape index (κ2) is 11.5. The third-order valence-electron chi connectivity index (χ3n) is 5.03. The van der Waals surface area contributed by atoms with E-state index in [2.05, 4.69) is 0 Å². The largest absolute Gasteiger partial charge is 0.508 e. The fourth-order valence-electron chi connectivity index (χ4n) is 3.16. The molecule has 0 aromatic heterocycles. The molecule has 186 valence electrons. The van der Waals surface area contributed by atoms with Crippen LogP contribution in [0.3, 0.4) is 0 Å². The summed E-state index contributed by atoms with van der Waals surface area (Å²) in [7, 11) is 0. The second-order valence-electron chi connectivity index (χ2n) is 7.55. The van der Waals surface area contributed by atoms with Crippen molar-refractivity contribution in [3.8, 4) is 17.2 Å². The Morgan fingerprint density at radius 2 is 1.43 bits per heavy atom. The summed E-state index contributed by atoms with van der Waals surface area (Å²) in [6.07, 6.45) is -3.37. The van der Waals surface area contributed by atoms with Crippen molar-refractivity contribution in [3.63, 3.8) is 0 Å². The topological polar surface area (TPSA) is 183 Å². The lowest BCUT2D eigenvalue weighted by Gasteiger charge is -2.40. The van der Waals surface area contributed by atoms with Crippen molar-refractivity contribution in [1.29, 1.82) is 0 Å². The molecule has 6 N–H and O–H groups in total. The lowest BCUT2D eigenvalue weighted by molar-refractivity contribution is -0.293. The summed E-state index contributed by atoms with van der Waals surface area (Å²) in [5.41, 5.74) is 0.918. The predicted molar refractivity (Wildman–Crippen MR) is 120 cm³/mol. The number of carbonyl (C=O) groups excluding carboxylic acids is 2. The fourth-order valence-corrected chi connectivity index (χ4v) is 3.16. The number of esters is 2. The molecule has 0 spiro atoms. The molecule has 1 heterocycles. The van der Waals surface area contributed by atoms with E-state index in [-0.39, 0.29) is 11.5 Å². The summed E-state index contributed by atoms with van der Waals surface area (Å²) < 4.78 is 15.6. The van der Waals surface area contributed by atoms with Crippen LogP contribution in [0.1, 0.15) is 11.1 Å². The molecule has 11 heteroatoms. The van der Waals surface area contributed by atoms with Crippen LogP contribution in [0.15, 0.2) is 54.6 Å². The van der Waals surface area contributed by atoms with Gasteiger partial charge in [-0.1, -0.05) is 18.2 Å². The molecule has 5 atom stereocenters. The van der Waals surface area contributed by atoms with E-state index in [1.54, 1.807) is 12.1 Å². The Morgan fingerprint density at radius 1 is 0.829 bits per heavy atom. The molecule has 1 aliphatic rings. The van der Waals surface area contributed by atoms with Crippen LogP contribution < -0.4 is 0 Å². The first-order valence-corrected chi connectivity index (χ1v) is 10.4. The first-order valence-electron chi connectivity index (χ1n) is 10.4. The highest BCUT2D eigenvalue weighted by atomic mass is 16.7. The smallest absolute Gasteiger partial charge is 0.333 e. The highest BCUT2D eigenvalue weighted by Crippen LogP contribution is 2.27. The van der Waals surface area contributed by atoms with Crippen LogP contribution in [0.2, 0.25) is 0 Å². The zero-order valence-corrected chi connectivity index (χ0v) is 18.2. The highest BCUT2D eigenvalue weighted by Gasteiger charge is 2.48. The molecule has 0 bridgehead atoms. The van der Waals surface area contributed by atoms with Crippen molar-refractivity contribution in [3.05, 3.63) is 65.7 Å². The summed E-state index contributed by atoms with van der Waals surface area (Å²) in [6.45, 7) is -0.708. The van der Waals surface area contributed by atoms with Crippen LogP contribution in [0, 0.1) is 0 Å². The highest BCUT2D eigenvalue weighted by molar-refractivity contribution is 5.88. The van der Waals surface area contributed by atoms with Crippen LogP contribution in [0.25, 0.3) is 12.2 Å². The van der Waals surface area contributed by atoms with E-state index in [9.17, 15) is 40.2 Å². The number of hydrogen-bond donors (Lipinski definition) is 6. The Kier molecular flexibility index (Phi) is 8.44. The number of aromatic hydroxyl groups is 3. The molecule has 0 unspecified atom stereocenters. The molecule has 11 nitrogen and oxygen atoms in total. The van der Waals surface area contributed by atoms with Crippen LogP contribution in [0.4, 0.5) is 0 Å². The monoisotopic (exact) mass is 488 g/mol. The Morgan fingerprint density at radius 3 is 2.06 bits per heavy atom.